The Labute approximate surface area is 87.8 Å². The monoisotopic (exact) mass is 196 g/mol. The van der Waals surface area contributed by atoms with Crippen LogP contribution >= 0.6 is 0 Å². The lowest BCUT2D eigenvalue weighted by molar-refractivity contribution is 0.0766. The molecule has 2 N–H and O–H groups in total. The van der Waals surface area contributed by atoms with Gasteiger partial charge in [0.05, 0.1) is 0 Å². The number of rotatable bonds is 5. The van der Waals surface area contributed by atoms with Crippen LogP contribution in [0.25, 0.3) is 0 Å². The van der Waals surface area contributed by atoms with Crippen molar-refractivity contribution >= 4 is 0 Å². The third kappa shape index (κ3) is 2.12. The molecule has 0 bridgehead atoms. The summed E-state index contributed by atoms with van der Waals surface area (Å²) in [5.74, 6) is 1.01. The van der Waals surface area contributed by atoms with Crippen molar-refractivity contribution in [1.82, 2.24) is 4.90 Å². The Morgan fingerprint density at radius 2 is 2.00 bits per heavy atom. The number of nitrogens with two attached hydrogens (primary N) is 1. The largest absolute Gasteiger partial charge is 0.329 e. The molecule has 1 atom stereocenters. The second-order valence-electron chi connectivity index (χ2n) is 5.73. The van der Waals surface area contributed by atoms with Crippen molar-refractivity contribution in [1.29, 1.82) is 0 Å². The van der Waals surface area contributed by atoms with Gasteiger partial charge >= 0.3 is 0 Å². The Morgan fingerprint density at radius 3 is 2.43 bits per heavy atom. The fraction of sp³-hybridized carbons (Fsp3) is 1.00. The second-order valence-corrected chi connectivity index (χ2v) is 5.73. The highest BCUT2D eigenvalue weighted by Gasteiger charge is 2.38. The molecule has 1 saturated heterocycles. The van der Waals surface area contributed by atoms with E-state index in [1.807, 2.05) is 0 Å². The molecule has 0 aromatic heterocycles. The van der Waals surface area contributed by atoms with E-state index >= 15 is 0 Å². The molecule has 1 heterocycles. The Morgan fingerprint density at radius 1 is 1.29 bits per heavy atom. The van der Waals surface area contributed by atoms with Gasteiger partial charge in [0.2, 0.25) is 0 Å². The smallest absolute Gasteiger partial charge is 0.0230 e. The van der Waals surface area contributed by atoms with E-state index in [9.17, 15) is 0 Å². The minimum absolute atomic E-state index is 0.578. The molecule has 2 rings (SSSR count). The summed E-state index contributed by atoms with van der Waals surface area (Å²) >= 11 is 0. The predicted octanol–water partition coefficient (Wildman–Crippen LogP) is 1.85. The van der Waals surface area contributed by atoms with Gasteiger partial charge in [0.25, 0.3) is 0 Å². The average molecular weight is 196 g/mol. The van der Waals surface area contributed by atoms with Crippen LogP contribution in [0.5, 0.6) is 0 Å². The normalized spacial score (nSPS) is 28.9. The molecule has 2 fully saturated rings. The van der Waals surface area contributed by atoms with Crippen LogP contribution in [0.15, 0.2) is 0 Å². The zero-order valence-corrected chi connectivity index (χ0v) is 9.63. The highest BCUT2D eigenvalue weighted by Crippen LogP contribution is 2.47. The van der Waals surface area contributed by atoms with Gasteiger partial charge in [-0.3, -0.25) is 4.90 Å². The molecule has 1 unspecified atom stereocenters. The molecule has 0 spiro atoms. The summed E-state index contributed by atoms with van der Waals surface area (Å²) in [5.41, 5.74) is 6.27. The van der Waals surface area contributed by atoms with E-state index in [2.05, 4.69) is 18.7 Å². The number of hydrogen-bond donors (Lipinski definition) is 1. The lowest BCUT2D eigenvalue weighted by atomic mass is 9.83. The van der Waals surface area contributed by atoms with Gasteiger partial charge in [-0.1, -0.05) is 13.8 Å². The standard InChI is InChI=1S/C12H24N2/c1-12(2,10-3-4-10)6-8-14-7-5-11(14)9-13/h10-11H,3-9,13H2,1-2H3. The summed E-state index contributed by atoms with van der Waals surface area (Å²) in [5, 5.41) is 0. The maximum atomic E-state index is 5.69. The third-order valence-electron chi connectivity index (χ3n) is 4.26. The van der Waals surface area contributed by atoms with Crippen molar-refractivity contribution in [3.8, 4) is 0 Å². The van der Waals surface area contributed by atoms with Crippen molar-refractivity contribution in [2.24, 2.45) is 17.1 Å². The van der Waals surface area contributed by atoms with Gasteiger partial charge < -0.3 is 5.73 Å². The third-order valence-corrected chi connectivity index (χ3v) is 4.26. The first-order valence-electron chi connectivity index (χ1n) is 6.07. The lowest BCUT2D eigenvalue weighted by Gasteiger charge is -2.42. The summed E-state index contributed by atoms with van der Waals surface area (Å²) in [6, 6.07) is 0.699. The molecular formula is C12H24N2. The van der Waals surface area contributed by atoms with Crippen LogP contribution in [0.3, 0.4) is 0 Å². The topological polar surface area (TPSA) is 29.3 Å². The Bertz CT molecular complexity index is 194. The molecule has 2 aliphatic rings. The van der Waals surface area contributed by atoms with Gasteiger partial charge in [-0.05, 0) is 43.6 Å². The Hall–Kier alpha value is -0.0800. The second kappa shape index (κ2) is 3.82. The van der Waals surface area contributed by atoms with E-state index < -0.39 is 0 Å². The Kier molecular flexibility index (Phi) is 2.85. The van der Waals surface area contributed by atoms with Crippen LogP contribution in [0.4, 0.5) is 0 Å². The van der Waals surface area contributed by atoms with Crippen LogP contribution < -0.4 is 5.73 Å². The van der Waals surface area contributed by atoms with Crippen LogP contribution in [0.2, 0.25) is 0 Å². The zero-order chi connectivity index (χ0) is 10.2. The molecule has 1 saturated carbocycles. The molecular weight excluding hydrogens is 172 g/mol. The van der Waals surface area contributed by atoms with Crippen LogP contribution in [0, 0.1) is 11.3 Å². The maximum Gasteiger partial charge on any atom is 0.0230 e. The van der Waals surface area contributed by atoms with E-state index in [4.69, 9.17) is 5.73 Å². The molecule has 14 heavy (non-hydrogen) atoms. The fourth-order valence-corrected chi connectivity index (χ4v) is 2.56. The fourth-order valence-electron chi connectivity index (χ4n) is 2.56. The van der Waals surface area contributed by atoms with Crippen molar-refractivity contribution in [3.05, 3.63) is 0 Å². The van der Waals surface area contributed by atoms with Crippen molar-refractivity contribution in [2.45, 2.75) is 45.6 Å². The lowest BCUT2D eigenvalue weighted by Crippen LogP contribution is -2.52. The molecule has 2 heteroatoms. The van der Waals surface area contributed by atoms with Crippen molar-refractivity contribution in [3.63, 3.8) is 0 Å². The predicted molar refractivity (Wildman–Crippen MR) is 60.2 cm³/mol. The van der Waals surface area contributed by atoms with E-state index in [1.165, 1.54) is 38.8 Å². The Balaban J connectivity index is 1.71. The van der Waals surface area contributed by atoms with E-state index in [1.54, 1.807) is 0 Å². The summed E-state index contributed by atoms with van der Waals surface area (Å²) in [7, 11) is 0. The maximum absolute atomic E-state index is 5.69. The van der Waals surface area contributed by atoms with E-state index in [-0.39, 0.29) is 0 Å². The minimum Gasteiger partial charge on any atom is -0.329 e. The average Bonchev–Trinajstić information content (AvgIpc) is 2.84. The van der Waals surface area contributed by atoms with Gasteiger partial charge in [0.1, 0.15) is 0 Å². The highest BCUT2D eigenvalue weighted by molar-refractivity contribution is 4.90. The molecule has 2 nitrogen and oxygen atoms in total. The van der Waals surface area contributed by atoms with Crippen molar-refractivity contribution in [2.75, 3.05) is 19.6 Å². The molecule has 1 aliphatic carbocycles. The summed E-state index contributed by atoms with van der Waals surface area (Å²) < 4.78 is 0. The van der Waals surface area contributed by atoms with Gasteiger partial charge in [0.15, 0.2) is 0 Å². The molecule has 0 aromatic carbocycles. The van der Waals surface area contributed by atoms with Gasteiger partial charge in [-0.15, -0.1) is 0 Å². The van der Waals surface area contributed by atoms with Crippen molar-refractivity contribution < 1.29 is 0 Å². The molecule has 0 aromatic rings. The molecule has 1 aliphatic heterocycles. The first-order valence-corrected chi connectivity index (χ1v) is 6.07. The minimum atomic E-state index is 0.578. The highest BCUT2D eigenvalue weighted by atomic mass is 15.2. The number of nitrogens with zero attached hydrogens (tertiary/aromatic N) is 1. The number of hydrogen-bond acceptors (Lipinski definition) is 2. The summed E-state index contributed by atoms with van der Waals surface area (Å²) in [6.45, 7) is 8.27. The van der Waals surface area contributed by atoms with Gasteiger partial charge in [-0.2, -0.15) is 0 Å². The first-order chi connectivity index (χ1) is 6.63. The molecule has 0 amide bonds. The molecule has 82 valence electrons. The number of likely N-dealkylation sites (tertiary alicyclic amines) is 1. The van der Waals surface area contributed by atoms with Crippen LogP contribution in [0.1, 0.15) is 39.5 Å². The van der Waals surface area contributed by atoms with Gasteiger partial charge in [-0.25, -0.2) is 0 Å². The van der Waals surface area contributed by atoms with E-state index in [0.29, 0.717) is 11.5 Å². The quantitative estimate of drug-likeness (QED) is 0.727. The van der Waals surface area contributed by atoms with Crippen LogP contribution in [-0.2, 0) is 0 Å². The van der Waals surface area contributed by atoms with Gasteiger partial charge in [0, 0.05) is 19.1 Å². The van der Waals surface area contributed by atoms with E-state index in [0.717, 1.165) is 12.5 Å². The summed E-state index contributed by atoms with van der Waals surface area (Å²) in [4.78, 5) is 2.56. The SMILES string of the molecule is CC(C)(CCN1CCC1CN)C1CC1. The zero-order valence-electron chi connectivity index (χ0n) is 9.63. The summed E-state index contributed by atoms with van der Waals surface area (Å²) in [6.07, 6.45) is 5.61. The van der Waals surface area contributed by atoms with Crippen LogP contribution in [-0.4, -0.2) is 30.6 Å². The first kappa shape index (κ1) is 10.4. The molecule has 0 radical (unpaired) electrons.